The third-order valence-corrected chi connectivity index (χ3v) is 4.44. The second-order valence-corrected chi connectivity index (χ2v) is 6.85. The number of anilines is 2. The summed E-state index contributed by atoms with van der Waals surface area (Å²) in [5.41, 5.74) is 7.77. The maximum Gasteiger partial charge on any atom is 0.419 e. The minimum atomic E-state index is -3.65. The highest BCUT2D eigenvalue weighted by atomic mass is 19.3. The van der Waals surface area contributed by atoms with E-state index in [0.717, 1.165) is 25.3 Å². The molecule has 33 heavy (non-hydrogen) atoms. The summed E-state index contributed by atoms with van der Waals surface area (Å²) < 4.78 is 70.0. The third kappa shape index (κ3) is 5.12. The van der Waals surface area contributed by atoms with Gasteiger partial charge < -0.3 is 25.7 Å². The molecular formula is C18H19F4N7O4. The second-order valence-electron chi connectivity index (χ2n) is 6.85. The molecule has 1 aliphatic heterocycles. The lowest BCUT2D eigenvalue weighted by atomic mass is 9.89. The van der Waals surface area contributed by atoms with Crippen LogP contribution >= 0.6 is 0 Å². The molecule has 3 heterocycles. The van der Waals surface area contributed by atoms with Crippen molar-refractivity contribution in [2.24, 2.45) is 10.7 Å². The Hall–Kier alpha value is -3.91. The number of amidine groups is 1. The highest BCUT2D eigenvalue weighted by Gasteiger charge is 2.57. The zero-order valence-electron chi connectivity index (χ0n) is 17.1. The number of halogens is 4. The molecule has 1 amide bonds. The van der Waals surface area contributed by atoms with Gasteiger partial charge in [-0.1, -0.05) is 0 Å². The predicted octanol–water partition coefficient (Wildman–Crippen LogP) is 2.14. The number of pyridine rings is 1. The Morgan fingerprint density at radius 2 is 2.06 bits per heavy atom. The molecule has 0 saturated carbocycles. The molecule has 0 bridgehead atoms. The number of nitrogens with two attached hydrogens (primary N) is 2. The summed E-state index contributed by atoms with van der Waals surface area (Å²) in [5.74, 6) is -5.80. The van der Waals surface area contributed by atoms with Crippen LogP contribution in [-0.2, 0) is 10.3 Å². The summed E-state index contributed by atoms with van der Waals surface area (Å²) in [6, 6.07) is 1.27. The Balaban J connectivity index is 1.76. The number of amides is 1. The second kappa shape index (κ2) is 9.30. The van der Waals surface area contributed by atoms with E-state index in [1.54, 1.807) is 0 Å². The molecule has 2 aromatic heterocycles. The molecule has 5 N–H and O–H groups in total. The lowest BCUT2D eigenvalue weighted by Gasteiger charge is -2.36. The molecule has 15 heteroatoms. The molecule has 0 saturated heterocycles. The molecule has 3 rings (SSSR count). The van der Waals surface area contributed by atoms with Crippen LogP contribution in [0.4, 0.5) is 34.0 Å². The number of rotatable bonds is 7. The molecule has 0 aliphatic carbocycles. The van der Waals surface area contributed by atoms with Crippen molar-refractivity contribution < 1.29 is 36.6 Å². The molecule has 0 spiro atoms. The van der Waals surface area contributed by atoms with Crippen LogP contribution in [0, 0.1) is 5.82 Å². The maximum atomic E-state index is 14.5. The van der Waals surface area contributed by atoms with Crippen molar-refractivity contribution in [3.8, 4) is 11.8 Å². The number of aliphatic imine (C=N–C) groups is 1. The first-order valence-electron chi connectivity index (χ1n) is 9.39. The van der Waals surface area contributed by atoms with Crippen molar-refractivity contribution in [2.75, 3.05) is 30.9 Å². The van der Waals surface area contributed by atoms with E-state index in [1.165, 1.54) is 0 Å². The molecule has 1 atom stereocenters. The quantitative estimate of drug-likeness (QED) is 0.404. The fourth-order valence-electron chi connectivity index (χ4n) is 2.69. The molecule has 0 fully saturated rings. The van der Waals surface area contributed by atoms with Crippen LogP contribution in [0.2, 0.25) is 0 Å². The van der Waals surface area contributed by atoms with Gasteiger partial charge >= 0.3 is 12.0 Å². The molecule has 0 aromatic carbocycles. The van der Waals surface area contributed by atoms with Crippen LogP contribution in [0.3, 0.4) is 0 Å². The zero-order valence-corrected chi connectivity index (χ0v) is 17.1. The summed E-state index contributed by atoms with van der Waals surface area (Å²) >= 11 is 0. The Labute approximate surface area is 184 Å². The first kappa shape index (κ1) is 23.7. The van der Waals surface area contributed by atoms with E-state index in [9.17, 15) is 22.4 Å². The average molecular weight is 473 g/mol. The summed E-state index contributed by atoms with van der Waals surface area (Å²) in [6.07, 6.45) is 0.0753. The van der Waals surface area contributed by atoms with Crippen LogP contribution < -0.4 is 26.3 Å². The lowest BCUT2D eigenvalue weighted by molar-refractivity contribution is -0.118. The maximum absolute atomic E-state index is 14.5. The van der Waals surface area contributed by atoms with Gasteiger partial charge in [0.25, 0.3) is 11.9 Å². The van der Waals surface area contributed by atoms with E-state index >= 15 is 0 Å². The van der Waals surface area contributed by atoms with Gasteiger partial charge in [0.05, 0.1) is 19.5 Å². The fraction of sp³-hybridized carbons (Fsp3) is 0.389. The van der Waals surface area contributed by atoms with Crippen LogP contribution in [0.25, 0.3) is 0 Å². The van der Waals surface area contributed by atoms with Gasteiger partial charge in [-0.15, -0.1) is 0 Å². The van der Waals surface area contributed by atoms with E-state index in [2.05, 4.69) is 30.0 Å². The number of ether oxygens (including phenoxy) is 3. The van der Waals surface area contributed by atoms with E-state index in [1.807, 2.05) is 0 Å². The highest BCUT2D eigenvalue weighted by Crippen LogP contribution is 2.43. The summed E-state index contributed by atoms with van der Waals surface area (Å²) in [7, 11) is 0. The molecule has 2 aromatic rings. The van der Waals surface area contributed by atoms with Crippen molar-refractivity contribution in [1.82, 2.24) is 15.0 Å². The van der Waals surface area contributed by atoms with Gasteiger partial charge in [0.2, 0.25) is 5.88 Å². The number of aromatic nitrogens is 3. The predicted molar refractivity (Wildman–Crippen MR) is 106 cm³/mol. The van der Waals surface area contributed by atoms with E-state index in [4.69, 9.17) is 20.9 Å². The number of carbonyl (C=O) groups is 1. The Kier molecular flexibility index (Phi) is 6.69. The van der Waals surface area contributed by atoms with Crippen molar-refractivity contribution in [2.45, 2.75) is 24.8 Å². The Morgan fingerprint density at radius 1 is 1.30 bits per heavy atom. The van der Waals surface area contributed by atoms with Gasteiger partial charge in [-0.05, 0) is 19.1 Å². The number of nitrogens with one attached hydrogen (secondary N) is 1. The number of hydrogen-bond acceptors (Lipinski definition) is 10. The van der Waals surface area contributed by atoms with Crippen LogP contribution in [0.5, 0.6) is 11.8 Å². The normalized spacial score (nSPS) is 19.2. The van der Waals surface area contributed by atoms with E-state index in [-0.39, 0.29) is 30.5 Å². The molecule has 11 nitrogen and oxygen atoms in total. The molecular weight excluding hydrogens is 454 g/mol. The lowest BCUT2D eigenvalue weighted by Crippen LogP contribution is -2.51. The van der Waals surface area contributed by atoms with Crippen LogP contribution in [0.1, 0.15) is 19.0 Å². The summed E-state index contributed by atoms with van der Waals surface area (Å²) in [6.45, 7) is -0.730. The monoisotopic (exact) mass is 473 g/mol. The third-order valence-electron chi connectivity index (χ3n) is 4.44. The molecule has 0 unspecified atom stereocenters. The van der Waals surface area contributed by atoms with Crippen molar-refractivity contribution >= 4 is 23.8 Å². The minimum absolute atomic E-state index is 0.0102. The fourth-order valence-corrected chi connectivity index (χ4v) is 2.69. The highest BCUT2D eigenvalue weighted by molar-refractivity contribution is 5.85. The van der Waals surface area contributed by atoms with Crippen molar-refractivity contribution in [1.29, 1.82) is 0 Å². The van der Waals surface area contributed by atoms with E-state index < -0.39 is 54.2 Å². The smallest absolute Gasteiger partial charge is 0.419 e. The van der Waals surface area contributed by atoms with Crippen molar-refractivity contribution in [3.05, 3.63) is 29.8 Å². The minimum Gasteiger partial charge on any atom is -0.476 e. The van der Waals surface area contributed by atoms with E-state index in [0.29, 0.717) is 0 Å². The Morgan fingerprint density at radius 3 is 2.76 bits per heavy atom. The van der Waals surface area contributed by atoms with Crippen LogP contribution in [0.15, 0.2) is 23.3 Å². The van der Waals surface area contributed by atoms with Gasteiger partial charge in [-0.2, -0.15) is 13.8 Å². The number of hydrogen-bond donors (Lipinski definition) is 3. The zero-order chi connectivity index (χ0) is 24.2. The number of nitrogens with zero attached hydrogens (tertiary/aromatic N) is 4. The van der Waals surface area contributed by atoms with Crippen molar-refractivity contribution in [3.63, 3.8) is 0 Å². The number of carbonyl (C=O) groups excluding carboxylic acids is 1. The van der Waals surface area contributed by atoms with Crippen LogP contribution in [-0.4, -0.2) is 52.9 Å². The average Bonchev–Trinajstić information content (AvgIpc) is 2.75. The summed E-state index contributed by atoms with van der Waals surface area (Å²) in [5, 5.41) is 2.15. The largest absolute Gasteiger partial charge is 0.476 e. The standard InChI is InChI=1S/C18H19F4N7O4/c1-17(18(21,22)8-32-15(24)29-17)12-9(20)3-4-10(26-12)27-16(30)33-14-13(23)28-11(7-25-14)31-6-2-5-19/h3-4,7H,2,5-6,8H2,1H3,(H2,23,28)(H2,24,29)(H,26,27,30)/t17-/m1/s1. The molecule has 1 aliphatic rings. The number of nitrogen functional groups attached to an aromatic ring is 1. The van der Waals surface area contributed by atoms with Gasteiger partial charge in [-0.25, -0.2) is 24.1 Å². The molecule has 0 radical (unpaired) electrons. The Bertz CT molecular complexity index is 1070. The first-order chi connectivity index (χ1) is 15.6. The topological polar surface area (TPSA) is 160 Å². The first-order valence-corrected chi connectivity index (χ1v) is 9.39. The SMILES string of the molecule is C[C@]1(c2nc(NC(=O)Oc3ncc(OCCCF)nc3N)ccc2F)N=C(N)OCC1(F)F. The number of alkyl halides is 3. The summed E-state index contributed by atoms with van der Waals surface area (Å²) in [4.78, 5) is 27.0. The van der Waals surface area contributed by atoms with Gasteiger partial charge in [-0.3, -0.25) is 9.71 Å². The molecule has 178 valence electrons. The van der Waals surface area contributed by atoms with Gasteiger partial charge in [0.1, 0.15) is 17.3 Å². The van der Waals surface area contributed by atoms with Gasteiger partial charge in [0, 0.05) is 6.42 Å². The van der Waals surface area contributed by atoms with Gasteiger partial charge in [0.15, 0.2) is 18.0 Å².